The lowest BCUT2D eigenvalue weighted by Gasteiger charge is -2.31. The fourth-order valence-corrected chi connectivity index (χ4v) is 2.17. The minimum atomic E-state index is -0.801. The molecule has 0 aromatic carbocycles. The first-order valence-electron chi connectivity index (χ1n) is 6.59. The van der Waals surface area contributed by atoms with E-state index >= 15 is 0 Å². The first kappa shape index (κ1) is 14.9. The Morgan fingerprint density at radius 1 is 1.39 bits per heavy atom. The molecule has 3 amide bonds. The van der Waals surface area contributed by atoms with E-state index in [4.69, 9.17) is 5.73 Å². The molecule has 18 heavy (non-hydrogen) atoms. The Morgan fingerprint density at radius 3 is 2.50 bits per heavy atom. The van der Waals surface area contributed by atoms with Crippen molar-refractivity contribution in [3.05, 3.63) is 0 Å². The van der Waals surface area contributed by atoms with Crippen LogP contribution in [0.3, 0.4) is 0 Å². The number of hydrogen-bond acceptors (Lipinski definition) is 4. The van der Waals surface area contributed by atoms with Gasteiger partial charge in [-0.15, -0.1) is 0 Å². The van der Waals surface area contributed by atoms with E-state index in [2.05, 4.69) is 22.5 Å². The number of amides is 3. The SMILES string of the molecule is CCN1CCC(CNC(C)C(=O)NC(N)=O)CC1. The van der Waals surface area contributed by atoms with Crippen molar-refractivity contribution in [2.75, 3.05) is 26.2 Å². The Morgan fingerprint density at radius 2 is 2.00 bits per heavy atom. The van der Waals surface area contributed by atoms with E-state index in [-0.39, 0.29) is 11.9 Å². The summed E-state index contributed by atoms with van der Waals surface area (Å²) in [5, 5.41) is 5.23. The molecule has 0 bridgehead atoms. The molecule has 104 valence electrons. The normalized spacial score (nSPS) is 19.4. The molecular formula is C12H24N4O2. The minimum absolute atomic E-state index is 0.367. The van der Waals surface area contributed by atoms with Gasteiger partial charge in [0.1, 0.15) is 0 Å². The van der Waals surface area contributed by atoms with Gasteiger partial charge >= 0.3 is 6.03 Å². The predicted octanol–water partition coefficient (Wildman–Crippen LogP) is -0.109. The second-order valence-corrected chi connectivity index (χ2v) is 4.86. The average molecular weight is 256 g/mol. The highest BCUT2D eigenvalue weighted by Gasteiger charge is 2.20. The molecule has 1 unspecified atom stereocenters. The molecule has 0 aliphatic carbocycles. The van der Waals surface area contributed by atoms with Gasteiger partial charge in [-0.05, 0) is 51.9 Å². The largest absolute Gasteiger partial charge is 0.351 e. The highest BCUT2D eigenvalue weighted by molar-refractivity contribution is 5.96. The molecule has 1 heterocycles. The Balaban J connectivity index is 2.20. The van der Waals surface area contributed by atoms with Gasteiger partial charge in [-0.1, -0.05) is 6.92 Å². The summed E-state index contributed by atoms with van der Waals surface area (Å²) in [6.45, 7) is 8.09. The molecule has 1 aliphatic heterocycles. The van der Waals surface area contributed by atoms with Crippen molar-refractivity contribution in [1.82, 2.24) is 15.5 Å². The number of urea groups is 1. The third-order valence-corrected chi connectivity index (χ3v) is 3.51. The molecule has 0 aromatic heterocycles. The molecule has 6 nitrogen and oxygen atoms in total. The van der Waals surface area contributed by atoms with E-state index < -0.39 is 6.03 Å². The van der Waals surface area contributed by atoms with Crippen LogP contribution in [0.1, 0.15) is 26.7 Å². The summed E-state index contributed by atoms with van der Waals surface area (Å²) < 4.78 is 0. The number of nitrogens with two attached hydrogens (primary N) is 1. The van der Waals surface area contributed by atoms with Gasteiger partial charge in [-0.25, -0.2) is 4.79 Å². The van der Waals surface area contributed by atoms with Gasteiger partial charge in [-0.3, -0.25) is 10.1 Å². The Labute approximate surface area is 108 Å². The van der Waals surface area contributed by atoms with Crippen molar-refractivity contribution in [3.63, 3.8) is 0 Å². The van der Waals surface area contributed by atoms with Crippen LogP contribution in [0.4, 0.5) is 4.79 Å². The first-order chi connectivity index (χ1) is 8.52. The third-order valence-electron chi connectivity index (χ3n) is 3.51. The Kier molecular flexibility index (Phi) is 6.07. The maximum Gasteiger partial charge on any atom is 0.318 e. The van der Waals surface area contributed by atoms with Crippen LogP contribution in [0, 0.1) is 5.92 Å². The number of carbonyl (C=O) groups excluding carboxylic acids is 2. The number of likely N-dealkylation sites (tertiary alicyclic amines) is 1. The van der Waals surface area contributed by atoms with E-state index in [0.717, 1.165) is 39.0 Å². The van der Waals surface area contributed by atoms with Crippen molar-refractivity contribution >= 4 is 11.9 Å². The summed E-state index contributed by atoms with van der Waals surface area (Å²) in [5.41, 5.74) is 4.90. The molecule has 0 radical (unpaired) electrons. The summed E-state index contributed by atoms with van der Waals surface area (Å²) in [6.07, 6.45) is 2.32. The van der Waals surface area contributed by atoms with E-state index in [0.29, 0.717) is 5.92 Å². The van der Waals surface area contributed by atoms with Gasteiger partial charge in [0.2, 0.25) is 5.91 Å². The van der Waals surface area contributed by atoms with Crippen LogP contribution in [0.25, 0.3) is 0 Å². The highest BCUT2D eigenvalue weighted by atomic mass is 16.2. The number of rotatable bonds is 5. The Bertz CT molecular complexity index is 288. The van der Waals surface area contributed by atoms with E-state index in [1.165, 1.54) is 0 Å². The zero-order chi connectivity index (χ0) is 13.5. The average Bonchev–Trinajstić information content (AvgIpc) is 2.35. The molecule has 0 spiro atoms. The van der Waals surface area contributed by atoms with Gasteiger partial charge < -0.3 is 16.0 Å². The van der Waals surface area contributed by atoms with Crippen molar-refractivity contribution in [2.24, 2.45) is 11.7 Å². The van der Waals surface area contributed by atoms with Crippen LogP contribution in [0.5, 0.6) is 0 Å². The molecule has 4 N–H and O–H groups in total. The number of hydrogen-bond donors (Lipinski definition) is 3. The fraction of sp³-hybridized carbons (Fsp3) is 0.833. The van der Waals surface area contributed by atoms with Crippen molar-refractivity contribution < 1.29 is 9.59 Å². The van der Waals surface area contributed by atoms with Gasteiger partial charge in [0.25, 0.3) is 0 Å². The summed E-state index contributed by atoms with van der Waals surface area (Å²) in [7, 11) is 0. The molecule has 1 atom stereocenters. The van der Waals surface area contributed by atoms with Crippen molar-refractivity contribution in [3.8, 4) is 0 Å². The zero-order valence-electron chi connectivity index (χ0n) is 11.2. The lowest BCUT2D eigenvalue weighted by Crippen LogP contribution is -2.48. The summed E-state index contributed by atoms with van der Waals surface area (Å²) >= 11 is 0. The molecule has 1 saturated heterocycles. The van der Waals surface area contributed by atoms with Gasteiger partial charge in [0.05, 0.1) is 6.04 Å². The van der Waals surface area contributed by atoms with Crippen molar-refractivity contribution in [1.29, 1.82) is 0 Å². The highest BCUT2D eigenvalue weighted by Crippen LogP contribution is 2.15. The second kappa shape index (κ2) is 7.33. The van der Waals surface area contributed by atoms with E-state index in [1.807, 2.05) is 0 Å². The molecule has 1 aliphatic rings. The fourth-order valence-electron chi connectivity index (χ4n) is 2.17. The summed E-state index contributed by atoms with van der Waals surface area (Å²) in [4.78, 5) is 24.4. The number of nitrogens with zero attached hydrogens (tertiary/aromatic N) is 1. The lowest BCUT2D eigenvalue weighted by molar-refractivity contribution is -0.121. The number of imide groups is 1. The molecule has 1 rings (SSSR count). The third kappa shape index (κ3) is 5.01. The maximum atomic E-state index is 11.4. The lowest BCUT2D eigenvalue weighted by atomic mass is 9.96. The van der Waals surface area contributed by atoms with Gasteiger partial charge in [0, 0.05) is 0 Å². The molecule has 6 heteroatoms. The van der Waals surface area contributed by atoms with Crippen molar-refractivity contribution in [2.45, 2.75) is 32.7 Å². The molecule has 0 saturated carbocycles. The van der Waals surface area contributed by atoms with Crippen LogP contribution < -0.4 is 16.4 Å². The molecule has 0 aromatic rings. The second-order valence-electron chi connectivity index (χ2n) is 4.86. The Hall–Kier alpha value is -1.14. The van der Waals surface area contributed by atoms with Gasteiger partial charge in [-0.2, -0.15) is 0 Å². The topological polar surface area (TPSA) is 87.5 Å². The van der Waals surface area contributed by atoms with E-state index in [1.54, 1.807) is 6.92 Å². The van der Waals surface area contributed by atoms with Crippen LogP contribution in [-0.4, -0.2) is 49.1 Å². The number of piperidine rings is 1. The zero-order valence-corrected chi connectivity index (χ0v) is 11.2. The summed E-state index contributed by atoms with van der Waals surface area (Å²) in [5.74, 6) is 0.241. The summed E-state index contributed by atoms with van der Waals surface area (Å²) in [6, 6.07) is -1.19. The van der Waals surface area contributed by atoms with Crippen LogP contribution in [-0.2, 0) is 4.79 Å². The first-order valence-corrected chi connectivity index (χ1v) is 6.59. The monoisotopic (exact) mass is 256 g/mol. The van der Waals surface area contributed by atoms with Crippen LogP contribution >= 0.6 is 0 Å². The van der Waals surface area contributed by atoms with E-state index in [9.17, 15) is 9.59 Å². The molecule has 1 fully saturated rings. The molecular weight excluding hydrogens is 232 g/mol. The minimum Gasteiger partial charge on any atom is -0.351 e. The maximum absolute atomic E-state index is 11.4. The van der Waals surface area contributed by atoms with Gasteiger partial charge in [0.15, 0.2) is 0 Å². The van der Waals surface area contributed by atoms with Crippen LogP contribution in [0.2, 0.25) is 0 Å². The predicted molar refractivity (Wildman–Crippen MR) is 70.0 cm³/mol. The smallest absolute Gasteiger partial charge is 0.318 e. The quantitative estimate of drug-likeness (QED) is 0.640. The standard InChI is InChI=1S/C12H24N4O2/c1-3-16-6-4-10(5-7-16)8-14-9(2)11(17)15-12(13)18/h9-10,14H,3-8H2,1-2H3,(H3,13,15,17,18). The number of primary amides is 1. The number of carbonyl (C=O) groups is 2. The van der Waals surface area contributed by atoms with Crippen LogP contribution in [0.15, 0.2) is 0 Å². The number of nitrogens with one attached hydrogen (secondary N) is 2.